The molecule has 168 valence electrons. The summed E-state index contributed by atoms with van der Waals surface area (Å²) in [6.07, 6.45) is 6.40. The molecule has 0 saturated heterocycles. The van der Waals surface area contributed by atoms with Gasteiger partial charge in [-0.25, -0.2) is 13.2 Å². The van der Waals surface area contributed by atoms with Crippen molar-refractivity contribution < 1.29 is 27.4 Å². The molecule has 3 nitrogen and oxygen atoms in total. The predicted octanol–water partition coefficient (Wildman–Crippen LogP) is 7.09. The minimum atomic E-state index is -1.53. The number of hydrogen-bond donors (Lipinski definition) is 0. The standard InChI is InChI=1S/C23H37F3O3/c1-7-8-9-10-11-12-13-19(18-14-20(24)22(26)21(25)15-18)23(27-6,28-16(2)3)29-17(4)5/h14-17,19H,7-13H2,1-6H3. The number of methoxy groups -OCH3 is 1. The molecule has 0 N–H and O–H groups in total. The van der Waals surface area contributed by atoms with Gasteiger partial charge in [-0.1, -0.05) is 45.4 Å². The molecule has 0 saturated carbocycles. The van der Waals surface area contributed by atoms with Gasteiger partial charge in [-0.2, -0.15) is 0 Å². The van der Waals surface area contributed by atoms with E-state index < -0.39 is 29.3 Å². The van der Waals surface area contributed by atoms with Gasteiger partial charge in [-0.15, -0.1) is 0 Å². The van der Waals surface area contributed by atoms with Crippen LogP contribution in [0.1, 0.15) is 91.0 Å². The lowest BCUT2D eigenvalue weighted by molar-refractivity contribution is -0.403. The van der Waals surface area contributed by atoms with Crippen LogP contribution in [-0.2, 0) is 14.2 Å². The van der Waals surface area contributed by atoms with E-state index in [9.17, 15) is 13.2 Å². The molecule has 0 aliphatic heterocycles. The Morgan fingerprint density at radius 3 is 1.76 bits per heavy atom. The summed E-state index contributed by atoms with van der Waals surface area (Å²) in [7, 11) is 1.45. The topological polar surface area (TPSA) is 27.7 Å². The SMILES string of the molecule is CCCCCCCCC(c1cc(F)c(F)c(F)c1)C(OC)(OC(C)C)OC(C)C. The van der Waals surface area contributed by atoms with Crippen LogP contribution in [0.4, 0.5) is 13.2 Å². The van der Waals surface area contributed by atoms with Crippen LogP contribution in [0.2, 0.25) is 0 Å². The Labute approximate surface area is 173 Å². The van der Waals surface area contributed by atoms with E-state index in [0.717, 1.165) is 44.2 Å². The second-order valence-corrected chi connectivity index (χ2v) is 8.05. The lowest BCUT2D eigenvalue weighted by Gasteiger charge is -2.41. The molecule has 0 bridgehead atoms. The first-order chi connectivity index (χ1) is 13.7. The Kier molecular flexibility index (Phi) is 11.2. The molecule has 6 heteroatoms. The molecule has 0 aliphatic carbocycles. The summed E-state index contributed by atoms with van der Waals surface area (Å²) in [5.41, 5.74) is 0.262. The van der Waals surface area contributed by atoms with Gasteiger partial charge in [0.1, 0.15) is 0 Å². The predicted molar refractivity (Wildman–Crippen MR) is 109 cm³/mol. The van der Waals surface area contributed by atoms with E-state index in [4.69, 9.17) is 14.2 Å². The van der Waals surface area contributed by atoms with E-state index in [1.165, 1.54) is 13.5 Å². The van der Waals surface area contributed by atoms with Gasteiger partial charge in [0.15, 0.2) is 17.5 Å². The Hall–Kier alpha value is -1.11. The zero-order chi connectivity index (χ0) is 22.0. The fraction of sp³-hybridized carbons (Fsp3) is 0.739. The molecule has 1 atom stereocenters. The van der Waals surface area contributed by atoms with Crippen LogP contribution in [0.25, 0.3) is 0 Å². The third-order valence-corrected chi connectivity index (χ3v) is 4.77. The smallest absolute Gasteiger partial charge is 0.290 e. The molecular formula is C23H37F3O3. The Morgan fingerprint density at radius 2 is 1.31 bits per heavy atom. The van der Waals surface area contributed by atoms with E-state index in [-0.39, 0.29) is 17.8 Å². The van der Waals surface area contributed by atoms with Crippen LogP contribution in [0.15, 0.2) is 12.1 Å². The van der Waals surface area contributed by atoms with E-state index in [0.29, 0.717) is 6.42 Å². The second-order valence-electron chi connectivity index (χ2n) is 8.05. The van der Waals surface area contributed by atoms with Crippen LogP contribution >= 0.6 is 0 Å². The third kappa shape index (κ3) is 7.91. The normalized spacial score (nSPS) is 13.5. The van der Waals surface area contributed by atoms with Crippen molar-refractivity contribution in [3.8, 4) is 0 Å². The fourth-order valence-electron chi connectivity index (χ4n) is 3.54. The van der Waals surface area contributed by atoms with Crippen molar-refractivity contribution in [3.63, 3.8) is 0 Å². The summed E-state index contributed by atoms with van der Waals surface area (Å²) in [6, 6.07) is 2.03. The number of hydrogen-bond acceptors (Lipinski definition) is 3. The van der Waals surface area contributed by atoms with Gasteiger partial charge in [0.25, 0.3) is 5.97 Å². The average molecular weight is 419 g/mol. The van der Waals surface area contributed by atoms with Crippen molar-refractivity contribution >= 4 is 0 Å². The highest BCUT2D eigenvalue weighted by Crippen LogP contribution is 2.40. The maximum absolute atomic E-state index is 14.0. The third-order valence-electron chi connectivity index (χ3n) is 4.77. The van der Waals surface area contributed by atoms with Crippen LogP contribution in [-0.4, -0.2) is 25.3 Å². The van der Waals surface area contributed by atoms with E-state index >= 15 is 0 Å². The van der Waals surface area contributed by atoms with E-state index in [1.807, 2.05) is 27.7 Å². The van der Waals surface area contributed by atoms with Crippen molar-refractivity contribution in [2.45, 2.75) is 104 Å². The first kappa shape index (κ1) is 25.9. The van der Waals surface area contributed by atoms with Gasteiger partial charge < -0.3 is 14.2 Å². The van der Waals surface area contributed by atoms with Crippen molar-refractivity contribution in [1.82, 2.24) is 0 Å². The molecule has 0 radical (unpaired) electrons. The molecule has 1 aromatic rings. The fourth-order valence-corrected chi connectivity index (χ4v) is 3.54. The molecule has 0 aliphatic rings. The van der Waals surface area contributed by atoms with Crippen LogP contribution < -0.4 is 0 Å². The summed E-state index contributed by atoms with van der Waals surface area (Å²) in [6.45, 7) is 9.51. The summed E-state index contributed by atoms with van der Waals surface area (Å²) in [5, 5.41) is 0. The van der Waals surface area contributed by atoms with Gasteiger partial charge in [-0.3, -0.25) is 0 Å². The van der Waals surface area contributed by atoms with E-state index in [1.54, 1.807) is 0 Å². The number of unbranched alkanes of at least 4 members (excludes halogenated alkanes) is 5. The summed E-state index contributed by atoms with van der Waals surface area (Å²) >= 11 is 0. The molecular weight excluding hydrogens is 381 g/mol. The molecule has 0 spiro atoms. The number of halogens is 3. The Morgan fingerprint density at radius 1 is 0.828 bits per heavy atom. The summed E-state index contributed by atoms with van der Waals surface area (Å²) in [4.78, 5) is 0. The molecule has 0 aromatic heterocycles. The lowest BCUT2D eigenvalue weighted by atomic mass is 9.89. The number of ether oxygens (including phenoxy) is 3. The minimum Gasteiger partial charge on any atom is -0.330 e. The summed E-state index contributed by atoms with van der Waals surface area (Å²) < 4.78 is 59.3. The van der Waals surface area contributed by atoms with Crippen molar-refractivity contribution in [1.29, 1.82) is 0 Å². The van der Waals surface area contributed by atoms with Gasteiger partial charge >= 0.3 is 0 Å². The number of benzene rings is 1. The highest BCUT2D eigenvalue weighted by atomic mass is 19.2. The Bertz CT molecular complexity index is 572. The van der Waals surface area contributed by atoms with E-state index in [2.05, 4.69) is 6.92 Å². The Balaban J connectivity index is 3.24. The molecule has 29 heavy (non-hydrogen) atoms. The second kappa shape index (κ2) is 12.6. The van der Waals surface area contributed by atoms with Crippen molar-refractivity contribution in [3.05, 3.63) is 35.1 Å². The zero-order valence-corrected chi connectivity index (χ0v) is 18.7. The lowest BCUT2D eigenvalue weighted by Crippen LogP contribution is -2.47. The highest BCUT2D eigenvalue weighted by molar-refractivity contribution is 5.25. The molecule has 1 rings (SSSR count). The van der Waals surface area contributed by atoms with Gasteiger partial charge in [0, 0.05) is 7.11 Å². The highest BCUT2D eigenvalue weighted by Gasteiger charge is 2.45. The maximum atomic E-state index is 14.0. The zero-order valence-electron chi connectivity index (χ0n) is 18.7. The van der Waals surface area contributed by atoms with Gasteiger partial charge in [-0.05, 0) is 51.8 Å². The maximum Gasteiger partial charge on any atom is 0.290 e. The molecule has 1 aromatic carbocycles. The first-order valence-corrected chi connectivity index (χ1v) is 10.7. The quantitative estimate of drug-likeness (QED) is 0.183. The largest absolute Gasteiger partial charge is 0.330 e. The van der Waals surface area contributed by atoms with Gasteiger partial charge in [0.2, 0.25) is 0 Å². The van der Waals surface area contributed by atoms with Crippen LogP contribution in [0, 0.1) is 17.5 Å². The van der Waals surface area contributed by atoms with Gasteiger partial charge in [0.05, 0.1) is 18.1 Å². The molecule has 0 heterocycles. The first-order valence-electron chi connectivity index (χ1n) is 10.7. The van der Waals surface area contributed by atoms with Crippen molar-refractivity contribution in [2.75, 3.05) is 7.11 Å². The van der Waals surface area contributed by atoms with Crippen LogP contribution in [0.3, 0.4) is 0 Å². The molecule has 0 amide bonds. The minimum absolute atomic E-state index is 0.254. The average Bonchev–Trinajstić information content (AvgIpc) is 2.63. The van der Waals surface area contributed by atoms with Crippen molar-refractivity contribution in [2.24, 2.45) is 0 Å². The molecule has 1 unspecified atom stereocenters. The number of rotatable bonds is 14. The molecule has 0 fully saturated rings. The summed E-state index contributed by atoms with van der Waals surface area (Å²) in [5.74, 6) is -6.08. The monoisotopic (exact) mass is 418 g/mol. The van der Waals surface area contributed by atoms with Crippen LogP contribution in [0.5, 0.6) is 0 Å².